The minimum atomic E-state index is -0.175. The number of piperazine rings is 1. The number of halogens is 1. The van der Waals surface area contributed by atoms with Crippen molar-refractivity contribution in [2.45, 2.75) is 19.4 Å². The zero-order chi connectivity index (χ0) is 17.5. The van der Waals surface area contributed by atoms with E-state index in [9.17, 15) is 4.39 Å². The highest BCUT2D eigenvalue weighted by Gasteiger charge is 2.18. The van der Waals surface area contributed by atoms with Gasteiger partial charge in [-0.05, 0) is 50.2 Å². The van der Waals surface area contributed by atoms with Crippen LogP contribution in [0.1, 0.15) is 24.9 Å². The topological polar surface area (TPSA) is 44.3 Å². The number of hydrogen-bond acceptors (Lipinski definition) is 5. The van der Waals surface area contributed by atoms with E-state index in [-0.39, 0.29) is 11.9 Å². The van der Waals surface area contributed by atoms with E-state index in [0.29, 0.717) is 0 Å². The zero-order valence-electron chi connectivity index (χ0n) is 14.7. The van der Waals surface area contributed by atoms with Crippen molar-refractivity contribution in [2.75, 3.05) is 44.2 Å². The molecular weight excluding hydrogens is 317 g/mol. The van der Waals surface area contributed by atoms with Crippen molar-refractivity contribution >= 4 is 5.95 Å². The Morgan fingerprint density at radius 2 is 1.88 bits per heavy atom. The Kier molecular flexibility index (Phi) is 6.30. The van der Waals surface area contributed by atoms with Gasteiger partial charge in [-0.25, -0.2) is 14.4 Å². The van der Waals surface area contributed by atoms with Gasteiger partial charge in [0.15, 0.2) is 0 Å². The fourth-order valence-corrected chi connectivity index (χ4v) is 3.14. The number of anilines is 1. The third-order valence-electron chi connectivity index (χ3n) is 4.66. The fourth-order valence-electron chi connectivity index (χ4n) is 3.14. The van der Waals surface area contributed by atoms with E-state index in [2.05, 4.69) is 32.0 Å². The first kappa shape index (κ1) is 17.8. The van der Waals surface area contributed by atoms with Gasteiger partial charge in [0.2, 0.25) is 5.95 Å². The van der Waals surface area contributed by atoms with Crippen LogP contribution >= 0.6 is 0 Å². The summed E-state index contributed by atoms with van der Waals surface area (Å²) in [5.41, 5.74) is 0.997. The molecule has 0 spiro atoms. The van der Waals surface area contributed by atoms with Crippen LogP contribution < -0.4 is 10.2 Å². The molecule has 1 N–H and O–H groups in total. The molecule has 1 aromatic carbocycles. The van der Waals surface area contributed by atoms with Crippen LogP contribution in [0.2, 0.25) is 0 Å². The molecule has 0 radical (unpaired) electrons. The van der Waals surface area contributed by atoms with Gasteiger partial charge in [-0.1, -0.05) is 12.1 Å². The lowest BCUT2D eigenvalue weighted by molar-refractivity contribution is 0.252. The molecule has 134 valence electrons. The van der Waals surface area contributed by atoms with E-state index < -0.39 is 0 Å². The van der Waals surface area contributed by atoms with Gasteiger partial charge in [0.05, 0.1) is 0 Å². The second-order valence-electron chi connectivity index (χ2n) is 6.46. The molecule has 0 aliphatic carbocycles. The number of nitrogens with zero attached hydrogens (tertiary/aromatic N) is 4. The highest BCUT2D eigenvalue weighted by molar-refractivity contribution is 5.29. The van der Waals surface area contributed by atoms with Gasteiger partial charge in [0.25, 0.3) is 0 Å². The minimum absolute atomic E-state index is 0.169. The quantitative estimate of drug-likeness (QED) is 0.783. The molecule has 0 amide bonds. The Morgan fingerprint density at radius 3 is 2.60 bits per heavy atom. The van der Waals surface area contributed by atoms with Gasteiger partial charge in [0, 0.05) is 44.6 Å². The number of aromatic nitrogens is 2. The molecule has 0 saturated carbocycles. The molecule has 25 heavy (non-hydrogen) atoms. The van der Waals surface area contributed by atoms with Crippen molar-refractivity contribution in [3.63, 3.8) is 0 Å². The van der Waals surface area contributed by atoms with Crippen molar-refractivity contribution in [1.82, 2.24) is 20.2 Å². The second kappa shape index (κ2) is 8.87. The average Bonchev–Trinajstić information content (AvgIpc) is 2.66. The first-order chi connectivity index (χ1) is 12.2. The standard InChI is InChI=1S/C19H26FN5/c1-16(17-5-2-6-18(20)15-17)21-9-4-10-24-11-13-25(14-12-24)19-22-7-3-8-23-19/h2-3,5-8,15-16,21H,4,9-14H2,1H3. The second-order valence-corrected chi connectivity index (χ2v) is 6.46. The van der Waals surface area contributed by atoms with E-state index in [4.69, 9.17) is 0 Å². The third-order valence-corrected chi connectivity index (χ3v) is 4.66. The first-order valence-corrected chi connectivity index (χ1v) is 8.95. The summed E-state index contributed by atoms with van der Waals surface area (Å²) in [6, 6.07) is 8.82. The number of rotatable bonds is 7. The number of hydrogen-bond donors (Lipinski definition) is 1. The fraction of sp³-hybridized carbons (Fsp3) is 0.474. The predicted molar refractivity (Wildman–Crippen MR) is 98.1 cm³/mol. The molecule has 5 nitrogen and oxygen atoms in total. The smallest absolute Gasteiger partial charge is 0.225 e. The maximum Gasteiger partial charge on any atom is 0.225 e. The van der Waals surface area contributed by atoms with Crippen LogP contribution in [0.15, 0.2) is 42.7 Å². The Balaban J connectivity index is 1.34. The van der Waals surface area contributed by atoms with Gasteiger partial charge in [-0.2, -0.15) is 0 Å². The minimum Gasteiger partial charge on any atom is -0.338 e. The molecule has 1 aliphatic rings. The van der Waals surface area contributed by atoms with Crippen LogP contribution in [0.5, 0.6) is 0 Å². The van der Waals surface area contributed by atoms with Crippen LogP contribution in [0.4, 0.5) is 10.3 Å². The molecule has 1 aromatic heterocycles. The van der Waals surface area contributed by atoms with Crippen molar-refractivity contribution in [2.24, 2.45) is 0 Å². The van der Waals surface area contributed by atoms with Crippen LogP contribution in [-0.4, -0.2) is 54.1 Å². The summed E-state index contributed by atoms with van der Waals surface area (Å²) in [5.74, 6) is 0.652. The van der Waals surface area contributed by atoms with E-state index in [1.54, 1.807) is 24.5 Å². The third kappa shape index (κ3) is 5.21. The molecule has 1 fully saturated rings. The van der Waals surface area contributed by atoms with E-state index in [1.165, 1.54) is 6.07 Å². The number of benzene rings is 1. The SMILES string of the molecule is CC(NCCCN1CCN(c2ncccn2)CC1)c1cccc(F)c1. The molecule has 6 heteroatoms. The zero-order valence-corrected chi connectivity index (χ0v) is 14.7. The molecule has 2 heterocycles. The van der Waals surface area contributed by atoms with Crippen LogP contribution in [0, 0.1) is 5.82 Å². The van der Waals surface area contributed by atoms with Crippen LogP contribution in [0.25, 0.3) is 0 Å². The van der Waals surface area contributed by atoms with Crippen molar-refractivity contribution in [3.8, 4) is 0 Å². The van der Waals surface area contributed by atoms with Gasteiger partial charge in [-0.3, -0.25) is 4.90 Å². The van der Waals surface area contributed by atoms with Crippen molar-refractivity contribution in [1.29, 1.82) is 0 Å². The van der Waals surface area contributed by atoms with Gasteiger partial charge < -0.3 is 10.2 Å². The largest absolute Gasteiger partial charge is 0.338 e. The predicted octanol–water partition coefficient (Wildman–Crippen LogP) is 2.48. The summed E-state index contributed by atoms with van der Waals surface area (Å²) in [7, 11) is 0. The van der Waals surface area contributed by atoms with E-state index in [1.807, 2.05) is 12.1 Å². The summed E-state index contributed by atoms with van der Waals surface area (Å²) < 4.78 is 13.3. The highest BCUT2D eigenvalue weighted by Crippen LogP contribution is 2.13. The van der Waals surface area contributed by atoms with Gasteiger partial charge >= 0.3 is 0 Å². The summed E-state index contributed by atoms with van der Waals surface area (Å²) in [5, 5.41) is 3.48. The van der Waals surface area contributed by atoms with Gasteiger partial charge in [-0.15, -0.1) is 0 Å². The first-order valence-electron chi connectivity index (χ1n) is 8.95. The Hall–Kier alpha value is -2.05. The lowest BCUT2D eigenvalue weighted by Crippen LogP contribution is -2.47. The van der Waals surface area contributed by atoms with Crippen LogP contribution in [0.3, 0.4) is 0 Å². The lowest BCUT2D eigenvalue weighted by Gasteiger charge is -2.34. The van der Waals surface area contributed by atoms with Crippen molar-refractivity contribution < 1.29 is 4.39 Å². The Labute approximate surface area is 148 Å². The Morgan fingerprint density at radius 1 is 1.12 bits per heavy atom. The number of nitrogens with one attached hydrogen (secondary N) is 1. The van der Waals surface area contributed by atoms with E-state index in [0.717, 1.165) is 57.2 Å². The monoisotopic (exact) mass is 343 g/mol. The molecule has 1 atom stereocenters. The lowest BCUT2D eigenvalue weighted by atomic mass is 10.1. The van der Waals surface area contributed by atoms with E-state index >= 15 is 0 Å². The average molecular weight is 343 g/mol. The summed E-state index contributed by atoms with van der Waals surface area (Å²) in [6.45, 7) is 8.10. The normalized spacial score (nSPS) is 16.8. The molecular formula is C19H26FN5. The summed E-state index contributed by atoms with van der Waals surface area (Å²) in [4.78, 5) is 13.4. The molecule has 3 rings (SSSR count). The van der Waals surface area contributed by atoms with Crippen molar-refractivity contribution in [3.05, 3.63) is 54.1 Å². The Bertz CT molecular complexity index is 643. The molecule has 1 unspecified atom stereocenters. The van der Waals surface area contributed by atoms with Crippen LogP contribution in [-0.2, 0) is 0 Å². The maximum atomic E-state index is 13.3. The summed E-state index contributed by atoms with van der Waals surface area (Å²) in [6.07, 6.45) is 4.67. The maximum absolute atomic E-state index is 13.3. The summed E-state index contributed by atoms with van der Waals surface area (Å²) >= 11 is 0. The molecule has 2 aromatic rings. The molecule has 0 bridgehead atoms. The molecule has 1 aliphatic heterocycles. The van der Waals surface area contributed by atoms with Gasteiger partial charge in [0.1, 0.15) is 5.82 Å². The highest BCUT2D eigenvalue weighted by atomic mass is 19.1. The molecule has 1 saturated heterocycles.